The molecule has 1 aliphatic heterocycles. The van der Waals surface area contributed by atoms with Gasteiger partial charge in [-0.1, -0.05) is 24.3 Å². The Morgan fingerprint density at radius 3 is 2.16 bits per heavy atom. The van der Waals surface area contributed by atoms with Gasteiger partial charge in [-0.25, -0.2) is 19.6 Å². The van der Waals surface area contributed by atoms with Crippen molar-refractivity contribution in [1.82, 2.24) is 19.8 Å². The molecule has 2 aromatic carbocycles. The molecule has 0 spiro atoms. The third kappa shape index (κ3) is 8.55. The first-order valence-electron chi connectivity index (χ1n) is 13.6. The van der Waals surface area contributed by atoms with Crippen LogP contribution in [0, 0.1) is 0 Å². The van der Waals surface area contributed by atoms with Gasteiger partial charge in [-0.3, -0.25) is 9.59 Å². The Morgan fingerprint density at radius 2 is 1.58 bits per heavy atom. The van der Waals surface area contributed by atoms with Crippen LogP contribution in [0.4, 0.5) is 13.2 Å². The van der Waals surface area contributed by atoms with Crippen molar-refractivity contribution < 1.29 is 56.0 Å². The highest BCUT2D eigenvalue weighted by Gasteiger charge is 2.47. The maximum absolute atomic E-state index is 13.1. The number of rotatable bonds is 12. The number of ether oxygens (including phenoxy) is 6. The second-order valence-corrected chi connectivity index (χ2v) is 9.85. The summed E-state index contributed by atoms with van der Waals surface area (Å²) in [5, 5.41) is 5.40. The summed E-state index contributed by atoms with van der Waals surface area (Å²) in [6.45, 7) is 1.70. The molecule has 0 aliphatic carbocycles. The van der Waals surface area contributed by atoms with E-state index in [0.29, 0.717) is 22.6 Å². The summed E-state index contributed by atoms with van der Waals surface area (Å²) in [4.78, 5) is 35.3. The van der Waals surface area contributed by atoms with Gasteiger partial charge in [0, 0.05) is 26.9 Å². The van der Waals surface area contributed by atoms with Gasteiger partial charge in [0.2, 0.25) is 6.29 Å². The minimum atomic E-state index is -4.79. The highest BCUT2D eigenvalue weighted by atomic mass is 19.4. The van der Waals surface area contributed by atoms with Crippen molar-refractivity contribution in [3.8, 4) is 22.8 Å². The van der Waals surface area contributed by atoms with Crippen molar-refractivity contribution in [3.05, 3.63) is 60.4 Å². The molecule has 0 N–H and O–H groups in total. The summed E-state index contributed by atoms with van der Waals surface area (Å²) in [7, 11) is 5.65. The van der Waals surface area contributed by atoms with E-state index in [0.717, 1.165) is 5.06 Å². The second kappa shape index (κ2) is 14.8. The van der Waals surface area contributed by atoms with Crippen LogP contribution < -0.4 is 4.74 Å². The van der Waals surface area contributed by atoms with Crippen molar-refractivity contribution >= 4 is 11.9 Å². The van der Waals surface area contributed by atoms with Crippen LogP contribution in [0.15, 0.2) is 54.9 Å². The molecule has 1 fully saturated rings. The average Bonchev–Trinajstić information content (AvgIpc) is 3.50. The Bertz CT molecular complexity index is 1420. The van der Waals surface area contributed by atoms with Crippen LogP contribution in [0.1, 0.15) is 18.9 Å². The zero-order valence-corrected chi connectivity index (χ0v) is 25.1. The van der Waals surface area contributed by atoms with Gasteiger partial charge < -0.3 is 28.4 Å². The van der Waals surface area contributed by atoms with Gasteiger partial charge in [0.1, 0.15) is 36.8 Å². The number of carbonyl (C=O) groups excluding carboxylic acids is 2. The van der Waals surface area contributed by atoms with Crippen LogP contribution in [-0.4, -0.2) is 97.2 Å². The lowest BCUT2D eigenvalue weighted by Crippen LogP contribution is -2.60. The molecule has 13 nitrogen and oxygen atoms in total. The standard InChI is InChI=1S/C29H33F3N4O9/c1-17-24(40-3)25(41-4)26(42-5)28(43-17)45-36(22(37)14-23(38)39-2)15-18-6-8-19(9-7-18)27-33-16-35(34-27)20-10-12-21(13-11-20)44-29(30,31)32/h6-13,16-17,24-26,28H,14-15H2,1-5H3. The second-order valence-electron chi connectivity index (χ2n) is 9.85. The Kier molecular flexibility index (Phi) is 11.1. The van der Waals surface area contributed by atoms with Crippen LogP contribution >= 0.6 is 0 Å². The van der Waals surface area contributed by atoms with E-state index < -0.39 is 55.4 Å². The highest BCUT2D eigenvalue weighted by molar-refractivity contribution is 5.93. The molecule has 2 heterocycles. The average molecular weight is 639 g/mol. The molecule has 45 heavy (non-hydrogen) atoms. The maximum atomic E-state index is 13.1. The van der Waals surface area contributed by atoms with Crippen molar-refractivity contribution in [2.45, 2.75) is 57.0 Å². The van der Waals surface area contributed by atoms with Gasteiger partial charge in [0.15, 0.2) is 5.82 Å². The lowest BCUT2D eigenvalue weighted by Gasteiger charge is -2.44. The van der Waals surface area contributed by atoms with Crippen molar-refractivity contribution in [2.75, 3.05) is 28.4 Å². The smallest absolute Gasteiger partial charge is 0.469 e. The minimum absolute atomic E-state index is 0.0691. The molecule has 244 valence electrons. The number of carbonyl (C=O) groups is 2. The van der Waals surface area contributed by atoms with Crippen LogP contribution in [-0.2, 0) is 44.7 Å². The number of benzene rings is 2. The van der Waals surface area contributed by atoms with E-state index >= 15 is 0 Å². The molecule has 3 aromatic rings. The van der Waals surface area contributed by atoms with E-state index in [9.17, 15) is 22.8 Å². The third-order valence-electron chi connectivity index (χ3n) is 6.94. The molecule has 16 heteroatoms. The SMILES string of the molecule is COC(=O)CC(=O)N(Cc1ccc(-c2ncn(-c3ccc(OC(F)(F)F)cc3)n2)cc1)OC1OC(C)C(OC)C(OC)C1OC. The Hall–Kier alpha value is -4.09. The molecule has 0 radical (unpaired) electrons. The number of amides is 1. The predicted octanol–water partition coefficient (Wildman–Crippen LogP) is 3.45. The lowest BCUT2D eigenvalue weighted by molar-refractivity contribution is -0.357. The first-order chi connectivity index (χ1) is 21.5. The molecule has 4 rings (SSSR count). The number of nitrogens with zero attached hydrogens (tertiary/aromatic N) is 4. The van der Waals surface area contributed by atoms with Gasteiger partial charge in [-0.05, 0) is 36.8 Å². The van der Waals surface area contributed by atoms with E-state index in [1.54, 1.807) is 31.2 Å². The Morgan fingerprint density at radius 1 is 0.933 bits per heavy atom. The van der Waals surface area contributed by atoms with Crippen molar-refractivity contribution in [2.24, 2.45) is 0 Å². The fraction of sp³-hybridized carbons (Fsp3) is 0.448. The molecule has 5 atom stereocenters. The summed E-state index contributed by atoms with van der Waals surface area (Å²) in [5.74, 6) is -1.43. The van der Waals surface area contributed by atoms with Gasteiger partial charge in [0.25, 0.3) is 5.91 Å². The monoisotopic (exact) mass is 638 g/mol. The molecule has 5 unspecified atom stereocenters. The summed E-state index contributed by atoms with van der Waals surface area (Å²) in [5.41, 5.74) is 1.73. The fourth-order valence-corrected chi connectivity index (χ4v) is 4.74. The predicted molar refractivity (Wildman–Crippen MR) is 148 cm³/mol. The molecule has 0 bridgehead atoms. The van der Waals surface area contributed by atoms with Gasteiger partial charge in [0.05, 0.1) is 25.4 Å². The lowest BCUT2D eigenvalue weighted by atomic mass is 9.99. The summed E-state index contributed by atoms with van der Waals surface area (Å²) >= 11 is 0. The number of hydrogen-bond donors (Lipinski definition) is 0. The minimum Gasteiger partial charge on any atom is -0.469 e. The number of aromatic nitrogens is 3. The van der Waals surface area contributed by atoms with Gasteiger partial charge >= 0.3 is 12.3 Å². The Labute approximate surface area is 256 Å². The van der Waals surface area contributed by atoms with E-state index in [4.69, 9.17) is 23.8 Å². The number of hydroxylamine groups is 2. The van der Waals surface area contributed by atoms with Crippen molar-refractivity contribution in [1.29, 1.82) is 0 Å². The quantitative estimate of drug-likeness (QED) is 0.164. The van der Waals surface area contributed by atoms with E-state index in [1.165, 1.54) is 63.7 Å². The van der Waals surface area contributed by atoms with Crippen LogP contribution in [0.25, 0.3) is 17.1 Å². The van der Waals surface area contributed by atoms with Gasteiger partial charge in [-0.2, -0.15) is 0 Å². The zero-order valence-electron chi connectivity index (χ0n) is 25.1. The maximum Gasteiger partial charge on any atom is 0.573 e. The van der Waals surface area contributed by atoms with Gasteiger partial charge in [-0.15, -0.1) is 18.3 Å². The normalized spacial score (nSPS) is 21.7. The Balaban J connectivity index is 1.49. The van der Waals surface area contributed by atoms with E-state index in [2.05, 4.69) is 19.6 Å². The largest absolute Gasteiger partial charge is 0.573 e. The summed E-state index contributed by atoms with van der Waals surface area (Å²) in [6.07, 6.45) is -7.33. The van der Waals surface area contributed by atoms with E-state index in [-0.39, 0.29) is 12.3 Å². The first kappa shape index (κ1) is 33.8. The van der Waals surface area contributed by atoms with Crippen LogP contribution in [0.5, 0.6) is 5.75 Å². The highest BCUT2D eigenvalue weighted by Crippen LogP contribution is 2.29. The molecule has 1 amide bonds. The first-order valence-corrected chi connectivity index (χ1v) is 13.6. The number of hydrogen-bond acceptors (Lipinski definition) is 11. The molecule has 0 saturated carbocycles. The van der Waals surface area contributed by atoms with E-state index in [1.807, 2.05) is 0 Å². The molecule has 1 aromatic heterocycles. The number of methoxy groups -OCH3 is 4. The molecule has 1 aliphatic rings. The zero-order chi connectivity index (χ0) is 32.7. The number of alkyl halides is 3. The molecular weight excluding hydrogens is 605 g/mol. The van der Waals surface area contributed by atoms with Crippen LogP contribution in [0.2, 0.25) is 0 Å². The summed E-state index contributed by atoms with van der Waals surface area (Å²) < 4.78 is 70.0. The molecule has 1 saturated heterocycles. The van der Waals surface area contributed by atoms with Crippen molar-refractivity contribution in [3.63, 3.8) is 0 Å². The third-order valence-corrected chi connectivity index (χ3v) is 6.94. The topological polar surface area (TPSA) is 133 Å². The van der Waals surface area contributed by atoms with Crippen LogP contribution in [0.3, 0.4) is 0 Å². The summed E-state index contributed by atoms with van der Waals surface area (Å²) in [6, 6.07) is 12.1. The number of halogens is 3. The molecular formula is C29H33F3N4O9. The number of esters is 1. The fourth-order valence-electron chi connectivity index (χ4n) is 4.74.